The quantitative estimate of drug-likeness (QED) is 0.636. The number of carbonyl (C=O) groups is 3. The van der Waals surface area contributed by atoms with Crippen LogP contribution in [0, 0.1) is 0 Å². The molecule has 2 amide bonds. The number of esters is 1. The predicted octanol–water partition coefficient (Wildman–Crippen LogP) is 2.49. The third kappa shape index (κ3) is 2.71. The van der Waals surface area contributed by atoms with Crippen LogP contribution in [0.1, 0.15) is 29.9 Å². The smallest absolute Gasteiger partial charge is 0.326 e. The molecule has 5 heteroatoms. The highest BCUT2D eigenvalue weighted by atomic mass is 16.5. The molecule has 25 heavy (non-hydrogen) atoms. The maximum atomic E-state index is 12.1. The van der Waals surface area contributed by atoms with Crippen molar-refractivity contribution in [1.29, 1.82) is 0 Å². The van der Waals surface area contributed by atoms with E-state index in [9.17, 15) is 14.4 Å². The zero-order chi connectivity index (χ0) is 17.4. The summed E-state index contributed by atoms with van der Waals surface area (Å²) in [5.41, 5.74) is 4.57. The second-order valence-electron chi connectivity index (χ2n) is 6.28. The fourth-order valence-corrected chi connectivity index (χ4v) is 3.59. The minimum absolute atomic E-state index is 0.0265. The van der Waals surface area contributed by atoms with Crippen molar-refractivity contribution in [2.45, 2.75) is 18.8 Å². The third-order valence-electron chi connectivity index (χ3n) is 4.82. The van der Waals surface area contributed by atoms with Crippen LogP contribution < -0.4 is 0 Å². The lowest BCUT2D eigenvalue weighted by atomic mass is 9.98. The topological polar surface area (TPSA) is 63.7 Å². The summed E-state index contributed by atoms with van der Waals surface area (Å²) in [4.78, 5) is 36.3. The van der Waals surface area contributed by atoms with Gasteiger partial charge in [0.1, 0.15) is 13.2 Å². The Labute approximate surface area is 145 Å². The van der Waals surface area contributed by atoms with Gasteiger partial charge in [0.25, 0.3) is 0 Å². The Morgan fingerprint density at radius 1 is 0.920 bits per heavy atom. The van der Waals surface area contributed by atoms with Gasteiger partial charge >= 0.3 is 5.97 Å². The normalized spacial score (nSPS) is 16.1. The Balaban J connectivity index is 1.49. The molecule has 2 aromatic rings. The minimum Gasteiger partial charge on any atom is -0.463 e. The Morgan fingerprint density at radius 2 is 1.44 bits per heavy atom. The SMILES string of the molecule is O=C(CN1C(=O)CCC1=O)OCC1c2ccccc2-c2ccccc21. The van der Waals surface area contributed by atoms with Crippen LogP contribution in [0.4, 0.5) is 0 Å². The number of benzene rings is 2. The molecule has 0 atom stereocenters. The van der Waals surface area contributed by atoms with Gasteiger partial charge in [-0.15, -0.1) is 0 Å². The molecule has 1 aliphatic carbocycles. The molecule has 0 bridgehead atoms. The van der Waals surface area contributed by atoms with Gasteiger partial charge in [-0.1, -0.05) is 48.5 Å². The van der Waals surface area contributed by atoms with Gasteiger partial charge < -0.3 is 4.74 Å². The molecule has 1 aliphatic heterocycles. The van der Waals surface area contributed by atoms with Crippen LogP contribution >= 0.6 is 0 Å². The number of hydrogen-bond donors (Lipinski definition) is 0. The lowest BCUT2D eigenvalue weighted by Gasteiger charge is -2.16. The van der Waals surface area contributed by atoms with Crippen molar-refractivity contribution in [2.75, 3.05) is 13.2 Å². The zero-order valence-corrected chi connectivity index (χ0v) is 13.6. The van der Waals surface area contributed by atoms with Crippen molar-refractivity contribution in [3.63, 3.8) is 0 Å². The molecule has 0 aromatic heterocycles. The fourth-order valence-electron chi connectivity index (χ4n) is 3.59. The Bertz CT molecular complexity index is 812. The first-order chi connectivity index (χ1) is 12.1. The molecule has 0 N–H and O–H groups in total. The number of imide groups is 1. The van der Waals surface area contributed by atoms with Gasteiger partial charge in [-0.25, -0.2) is 0 Å². The minimum atomic E-state index is -0.550. The van der Waals surface area contributed by atoms with Crippen molar-refractivity contribution in [3.8, 4) is 11.1 Å². The van der Waals surface area contributed by atoms with E-state index in [0.717, 1.165) is 27.2 Å². The summed E-state index contributed by atoms with van der Waals surface area (Å²) in [6, 6.07) is 16.2. The van der Waals surface area contributed by atoms with Crippen molar-refractivity contribution >= 4 is 17.8 Å². The van der Waals surface area contributed by atoms with Gasteiger partial charge in [-0.3, -0.25) is 19.3 Å². The van der Waals surface area contributed by atoms with Crippen LogP contribution in [-0.2, 0) is 19.1 Å². The third-order valence-corrected chi connectivity index (χ3v) is 4.82. The van der Waals surface area contributed by atoms with Gasteiger partial charge in [-0.05, 0) is 22.3 Å². The Morgan fingerprint density at radius 3 is 2.00 bits per heavy atom. The summed E-state index contributed by atoms with van der Waals surface area (Å²) in [5, 5.41) is 0. The molecule has 0 radical (unpaired) electrons. The van der Waals surface area contributed by atoms with Crippen LogP contribution in [-0.4, -0.2) is 35.8 Å². The van der Waals surface area contributed by atoms with Gasteiger partial charge in [0.05, 0.1) is 0 Å². The van der Waals surface area contributed by atoms with E-state index < -0.39 is 5.97 Å². The van der Waals surface area contributed by atoms with E-state index in [1.807, 2.05) is 36.4 Å². The van der Waals surface area contributed by atoms with Gasteiger partial charge in [0.2, 0.25) is 11.8 Å². The van der Waals surface area contributed by atoms with Crippen molar-refractivity contribution < 1.29 is 19.1 Å². The van der Waals surface area contributed by atoms with Gasteiger partial charge in [0, 0.05) is 18.8 Å². The molecule has 0 saturated carbocycles. The maximum Gasteiger partial charge on any atom is 0.326 e. The molecule has 4 rings (SSSR count). The van der Waals surface area contributed by atoms with Crippen molar-refractivity contribution in [3.05, 3.63) is 59.7 Å². The highest BCUT2D eigenvalue weighted by Crippen LogP contribution is 2.44. The Hall–Kier alpha value is -2.95. The van der Waals surface area contributed by atoms with E-state index in [2.05, 4.69) is 12.1 Å². The standard InChI is InChI=1S/C20H17NO4/c22-18-9-10-19(23)21(18)11-20(24)25-12-17-15-7-3-1-5-13(15)14-6-2-4-8-16(14)17/h1-8,17H,9-12H2. The first-order valence-corrected chi connectivity index (χ1v) is 8.32. The second-order valence-corrected chi connectivity index (χ2v) is 6.28. The summed E-state index contributed by atoms with van der Waals surface area (Å²) in [6.45, 7) is -0.100. The lowest BCUT2D eigenvalue weighted by molar-refractivity contribution is -0.152. The lowest BCUT2D eigenvalue weighted by Crippen LogP contribution is -2.35. The van der Waals surface area contributed by atoms with Gasteiger partial charge in [-0.2, -0.15) is 0 Å². The zero-order valence-electron chi connectivity index (χ0n) is 13.6. The number of carbonyl (C=O) groups excluding carboxylic acids is 3. The predicted molar refractivity (Wildman–Crippen MR) is 90.6 cm³/mol. The average molecular weight is 335 g/mol. The molecule has 0 spiro atoms. The summed E-state index contributed by atoms with van der Waals surface area (Å²) in [5.74, 6) is -1.19. The molecular weight excluding hydrogens is 318 g/mol. The summed E-state index contributed by atoms with van der Waals surface area (Å²) >= 11 is 0. The van der Waals surface area contributed by atoms with Crippen LogP contribution in [0.2, 0.25) is 0 Å². The van der Waals surface area contributed by atoms with Crippen molar-refractivity contribution in [2.24, 2.45) is 0 Å². The number of likely N-dealkylation sites (tertiary alicyclic amines) is 1. The highest BCUT2D eigenvalue weighted by Gasteiger charge is 2.32. The summed E-state index contributed by atoms with van der Waals surface area (Å²) < 4.78 is 5.41. The van der Waals surface area contributed by atoms with E-state index in [0.29, 0.717) is 0 Å². The molecule has 126 valence electrons. The van der Waals surface area contributed by atoms with Crippen LogP contribution in [0.5, 0.6) is 0 Å². The van der Waals surface area contributed by atoms with E-state index in [1.165, 1.54) is 0 Å². The molecule has 1 heterocycles. The number of amides is 2. The van der Waals surface area contributed by atoms with Crippen LogP contribution in [0.25, 0.3) is 11.1 Å². The van der Waals surface area contributed by atoms with E-state index in [-0.39, 0.29) is 43.7 Å². The number of hydrogen-bond acceptors (Lipinski definition) is 4. The molecule has 5 nitrogen and oxygen atoms in total. The number of ether oxygens (including phenoxy) is 1. The monoisotopic (exact) mass is 335 g/mol. The summed E-state index contributed by atoms with van der Waals surface area (Å²) in [6.07, 6.45) is 0.352. The highest BCUT2D eigenvalue weighted by molar-refractivity contribution is 6.04. The molecule has 0 unspecified atom stereocenters. The molecule has 2 aliphatic rings. The number of fused-ring (bicyclic) bond motifs is 3. The van der Waals surface area contributed by atoms with Crippen molar-refractivity contribution in [1.82, 2.24) is 4.90 Å². The first-order valence-electron chi connectivity index (χ1n) is 8.32. The van der Waals surface area contributed by atoms with Gasteiger partial charge in [0.15, 0.2) is 0 Å². The Kier molecular flexibility index (Phi) is 3.84. The fraction of sp³-hybridized carbons (Fsp3) is 0.250. The largest absolute Gasteiger partial charge is 0.463 e. The first kappa shape index (κ1) is 15.6. The van der Waals surface area contributed by atoms with E-state index >= 15 is 0 Å². The molecule has 1 fully saturated rings. The van der Waals surface area contributed by atoms with Crippen LogP contribution in [0.3, 0.4) is 0 Å². The number of rotatable bonds is 4. The second kappa shape index (κ2) is 6.16. The van der Waals surface area contributed by atoms with E-state index in [4.69, 9.17) is 4.74 Å². The van der Waals surface area contributed by atoms with E-state index in [1.54, 1.807) is 0 Å². The molecule has 2 aromatic carbocycles. The maximum absolute atomic E-state index is 12.1. The summed E-state index contributed by atoms with van der Waals surface area (Å²) in [7, 11) is 0. The molecule has 1 saturated heterocycles. The average Bonchev–Trinajstić information content (AvgIpc) is 3.12. The molecular formula is C20H17NO4. The van der Waals surface area contributed by atoms with Crippen LogP contribution in [0.15, 0.2) is 48.5 Å². The number of nitrogens with zero attached hydrogens (tertiary/aromatic N) is 1.